The summed E-state index contributed by atoms with van der Waals surface area (Å²) in [4.78, 5) is 0.241. The van der Waals surface area contributed by atoms with Crippen molar-refractivity contribution in [3.8, 4) is 11.5 Å². The SMILES string of the molecule is O=S(=O)(c1ccc2c(c1)OCO2)N1CCC2(CC1)OCc1ccccc12. The Morgan fingerprint density at radius 2 is 1.73 bits per heavy atom. The molecule has 3 heterocycles. The van der Waals surface area contributed by atoms with Gasteiger partial charge in [0.05, 0.1) is 17.1 Å². The van der Waals surface area contributed by atoms with E-state index in [4.69, 9.17) is 14.2 Å². The van der Waals surface area contributed by atoms with E-state index < -0.39 is 10.0 Å². The molecular formula is C19H19NO5S. The number of hydrogen-bond acceptors (Lipinski definition) is 5. The van der Waals surface area contributed by atoms with Crippen molar-refractivity contribution in [1.82, 2.24) is 4.31 Å². The minimum atomic E-state index is -3.56. The van der Waals surface area contributed by atoms with Crippen LogP contribution in [0.15, 0.2) is 47.4 Å². The fourth-order valence-corrected chi connectivity index (χ4v) is 5.53. The molecule has 1 fully saturated rings. The molecule has 3 aliphatic rings. The zero-order chi connectivity index (χ0) is 17.8. The number of hydrogen-bond donors (Lipinski definition) is 0. The first kappa shape index (κ1) is 16.1. The van der Waals surface area contributed by atoms with Crippen LogP contribution in [-0.4, -0.2) is 32.6 Å². The molecule has 0 bridgehead atoms. The Hall–Kier alpha value is -2.09. The first-order valence-corrected chi connectivity index (χ1v) is 10.1. The minimum absolute atomic E-state index is 0.127. The van der Waals surface area contributed by atoms with Crippen LogP contribution in [0.4, 0.5) is 0 Å². The van der Waals surface area contributed by atoms with Crippen molar-refractivity contribution in [2.75, 3.05) is 19.9 Å². The van der Waals surface area contributed by atoms with Gasteiger partial charge in [-0.1, -0.05) is 24.3 Å². The fraction of sp³-hybridized carbons (Fsp3) is 0.368. The molecule has 26 heavy (non-hydrogen) atoms. The van der Waals surface area contributed by atoms with Crippen LogP contribution in [0.1, 0.15) is 24.0 Å². The summed E-state index contributed by atoms with van der Waals surface area (Å²) in [6, 6.07) is 13.0. The van der Waals surface area contributed by atoms with E-state index in [0.717, 1.165) is 0 Å². The van der Waals surface area contributed by atoms with Gasteiger partial charge in [-0.3, -0.25) is 0 Å². The van der Waals surface area contributed by atoms with Gasteiger partial charge in [0.25, 0.3) is 0 Å². The summed E-state index contributed by atoms with van der Waals surface area (Å²) in [5.41, 5.74) is 2.07. The average molecular weight is 373 g/mol. The number of sulfonamides is 1. The molecule has 6 nitrogen and oxygen atoms in total. The molecule has 0 atom stereocenters. The average Bonchev–Trinajstić information content (AvgIpc) is 3.27. The molecule has 5 rings (SSSR count). The fourth-order valence-electron chi connectivity index (χ4n) is 4.07. The molecule has 0 unspecified atom stereocenters. The van der Waals surface area contributed by atoms with Gasteiger partial charge in [-0.05, 0) is 36.1 Å². The summed E-state index contributed by atoms with van der Waals surface area (Å²) in [6.45, 7) is 1.60. The molecule has 2 aromatic carbocycles. The van der Waals surface area contributed by atoms with Crippen LogP contribution >= 0.6 is 0 Å². The summed E-state index contributed by atoms with van der Waals surface area (Å²) < 4.78 is 44.3. The number of fused-ring (bicyclic) bond motifs is 3. The van der Waals surface area contributed by atoms with E-state index in [-0.39, 0.29) is 17.3 Å². The molecule has 1 saturated heterocycles. The standard InChI is InChI=1S/C19H19NO5S/c21-26(22,15-5-6-17-18(11-15)24-13-23-17)20-9-7-19(8-10-20)16-4-2-1-3-14(16)12-25-19/h1-6,11H,7-10,12-13H2. The first-order valence-electron chi connectivity index (χ1n) is 8.71. The molecular weight excluding hydrogens is 354 g/mol. The van der Waals surface area contributed by atoms with Crippen molar-refractivity contribution in [2.24, 2.45) is 0 Å². The van der Waals surface area contributed by atoms with E-state index in [1.807, 2.05) is 12.1 Å². The molecule has 136 valence electrons. The van der Waals surface area contributed by atoms with E-state index in [1.54, 1.807) is 22.5 Å². The van der Waals surface area contributed by atoms with Gasteiger partial charge in [-0.15, -0.1) is 0 Å². The van der Waals surface area contributed by atoms with Crippen LogP contribution in [0.25, 0.3) is 0 Å². The Labute approximate surface area is 152 Å². The zero-order valence-electron chi connectivity index (χ0n) is 14.2. The van der Waals surface area contributed by atoms with E-state index >= 15 is 0 Å². The maximum Gasteiger partial charge on any atom is 0.243 e. The summed E-state index contributed by atoms with van der Waals surface area (Å²) >= 11 is 0. The lowest BCUT2D eigenvalue weighted by molar-refractivity contribution is -0.0689. The highest BCUT2D eigenvalue weighted by molar-refractivity contribution is 7.89. The lowest BCUT2D eigenvalue weighted by Crippen LogP contribution is -2.45. The Morgan fingerprint density at radius 3 is 2.58 bits per heavy atom. The molecule has 0 radical (unpaired) electrons. The van der Waals surface area contributed by atoms with Crippen LogP contribution in [0, 0.1) is 0 Å². The third kappa shape index (κ3) is 2.35. The molecule has 3 aliphatic heterocycles. The summed E-state index contributed by atoms with van der Waals surface area (Å²) in [7, 11) is -3.56. The zero-order valence-corrected chi connectivity index (χ0v) is 15.0. The number of benzene rings is 2. The van der Waals surface area contributed by atoms with Crippen LogP contribution in [0.5, 0.6) is 11.5 Å². The molecule has 0 aromatic heterocycles. The van der Waals surface area contributed by atoms with Gasteiger partial charge in [0.1, 0.15) is 0 Å². The van der Waals surface area contributed by atoms with Crippen LogP contribution in [0.2, 0.25) is 0 Å². The first-order chi connectivity index (χ1) is 12.6. The largest absolute Gasteiger partial charge is 0.454 e. The highest BCUT2D eigenvalue weighted by Gasteiger charge is 2.44. The Balaban J connectivity index is 1.39. The topological polar surface area (TPSA) is 65.1 Å². The second-order valence-electron chi connectivity index (χ2n) is 6.86. The molecule has 1 spiro atoms. The number of ether oxygens (including phenoxy) is 3. The Morgan fingerprint density at radius 1 is 0.962 bits per heavy atom. The van der Waals surface area contributed by atoms with Gasteiger partial charge in [-0.2, -0.15) is 4.31 Å². The number of nitrogens with zero attached hydrogens (tertiary/aromatic N) is 1. The van der Waals surface area contributed by atoms with E-state index in [1.165, 1.54) is 11.1 Å². The van der Waals surface area contributed by atoms with Crippen LogP contribution < -0.4 is 9.47 Å². The van der Waals surface area contributed by atoms with Crippen LogP contribution in [0.3, 0.4) is 0 Å². The van der Waals surface area contributed by atoms with E-state index in [0.29, 0.717) is 44.0 Å². The predicted molar refractivity (Wildman–Crippen MR) is 93.5 cm³/mol. The smallest absolute Gasteiger partial charge is 0.243 e. The Bertz CT molecular complexity index is 964. The summed E-state index contributed by atoms with van der Waals surface area (Å²) in [6.07, 6.45) is 1.32. The second-order valence-corrected chi connectivity index (χ2v) is 8.80. The third-order valence-electron chi connectivity index (χ3n) is 5.52. The number of piperidine rings is 1. The highest BCUT2D eigenvalue weighted by Crippen LogP contribution is 2.45. The predicted octanol–water partition coefficient (Wildman–Crippen LogP) is 2.63. The molecule has 0 saturated carbocycles. The molecule has 2 aromatic rings. The van der Waals surface area contributed by atoms with Gasteiger partial charge < -0.3 is 14.2 Å². The van der Waals surface area contributed by atoms with Gasteiger partial charge in [0, 0.05) is 19.2 Å². The van der Waals surface area contributed by atoms with Crippen molar-refractivity contribution in [2.45, 2.75) is 29.9 Å². The van der Waals surface area contributed by atoms with Gasteiger partial charge in [0.2, 0.25) is 16.8 Å². The number of rotatable bonds is 2. The van der Waals surface area contributed by atoms with E-state index in [9.17, 15) is 8.42 Å². The van der Waals surface area contributed by atoms with Crippen molar-refractivity contribution in [3.05, 3.63) is 53.6 Å². The van der Waals surface area contributed by atoms with Crippen LogP contribution in [-0.2, 0) is 27.0 Å². The third-order valence-corrected chi connectivity index (χ3v) is 7.42. The monoisotopic (exact) mass is 373 g/mol. The van der Waals surface area contributed by atoms with Crippen molar-refractivity contribution in [1.29, 1.82) is 0 Å². The van der Waals surface area contributed by atoms with E-state index in [2.05, 4.69) is 12.1 Å². The van der Waals surface area contributed by atoms with Gasteiger partial charge in [0.15, 0.2) is 11.5 Å². The second kappa shape index (κ2) is 5.70. The van der Waals surface area contributed by atoms with Crippen molar-refractivity contribution < 1.29 is 22.6 Å². The van der Waals surface area contributed by atoms with Gasteiger partial charge >= 0.3 is 0 Å². The molecule has 7 heteroatoms. The lowest BCUT2D eigenvalue weighted by Gasteiger charge is -2.38. The maximum absolute atomic E-state index is 13.0. The lowest BCUT2D eigenvalue weighted by atomic mass is 9.84. The van der Waals surface area contributed by atoms with Gasteiger partial charge in [-0.25, -0.2) is 8.42 Å². The summed E-state index contributed by atoms with van der Waals surface area (Å²) in [5.74, 6) is 1.06. The van der Waals surface area contributed by atoms with Crippen molar-refractivity contribution >= 4 is 10.0 Å². The highest BCUT2D eigenvalue weighted by atomic mass is 32.2. The normalized spacial score (nSPS) is 21.1. The molecule has 0 aliphatic carbocycles. The minimum Gasteiger partial charge on any atom is -0.454 e. The Kier molecular flexibility index (Phi) is 3.53. The quantitative estimate of drug-likeness (QED) is 0.810. The van der Waals surface area contributed by atoms with Crippen molar-refractivity contribution in [3.63, 3.8) is 0 Å². The molecule has 0 N–H and O–H groups in total. The maximum atomic E-state index is 13.0. The molecule has 0 amide bonds. The summed E-state index contributed by atoms with van der Waals surface area (Å²) in [5, 5.41) is 0.